The number of carboxylic acids is 1. The smallest absolute Gasteiger partial charge is 0.307 e. The van der Waals surface area contributed by atoms with Gasteiger partial charge in [-0.2, -0.15) is 0 Å². The van der Waals surface area contributed by atoms with Crippen LogP contribution >= 0.6 is 15.9 Å². The van der Waals surface area contributed by atoms with Gasteiger partial charge in [0.1, 0.15) is 11.6 Å². The summed E-state index contributed by atoms with van der Waals surface area (Å²) in [4.78, 5) is 17.0. The third-order valence-corrected chi connectivity index (χ3v) is 6.84. The quantitative estimate of drug-likeness (QED) is 0.223. The molecule has 4 rings (SSSR count). The Morgan fingerprint density at radius 3 is 2.76 bits per heavy atom. The summed E-state index contributed by atoms with van der Waals surface area (Å²) in [5.74, 6) is 5.98. The van der Waals surface area contributed by atoms with Gasteiger partial charge in [-0.05, 0) is 42.7 Å². The second-order valence-electron chi connectivity index (χ2n) is 8.86. The number of nitrogens with two attached hydrogens (primary N) is 1. The summed E-state index contributed by atoms with van der Waals surface area (Å²) in [5.41, 5.74) is 2.95. The Balaban J connectivity index is 1.68. The topological polar surface area (TPSA) is 93.6 Å². The Bertz CT molecular complexity index is 1160. The maximum atomic E-state index is 12.0. The lowest BCUT2D eigenvalue weighted by Gasteiger charge is -2.28. The average molecular weight is 527 g/mol. The van der Waals surface area contributed by atoms with Crippen molar-refractivity contribution in [1.82, 2.24) is 14.6 Å². The van der Waals surface area contributed by atoms with Crippen LogP contribution in [0.2, 0.25) is 0 Å². The van der Waals surface area contributed by atoms with Crippen LogP contribution < -0.4 is 10.6 Å². The fourth-order valence-electron chi connectivity index (χ4n) is 4.65. The summed E-state index contributed by atoms with van der Waals surface area (Å²) >= 11 is 3.50. The summed E-state index contributed by atoms with van der Waals surface area (Å²) in [5, 5.41) is 11.4. The van der Waals surface area contributed by atoms with Crippen molar-refractivity contribution in [3.05, 3.63) is 70.6 Å². The molecule has 34 heavy (non-hydrogen) atoms. The van der Waals surface area contributed by atoms with E-state index in [1.54, 1.807) is 13.2 Å². The van der Waals surface area contributed by atoms with E-state index in [2.05, 4.69) is 32.6 Å². The monoisotopic (exact) mass is 526 g/mol. The molecule has 3 N–H and O–H groups in total. The zero-order chi connectivity index (χ0) is 24.1. The number of aliphatic carboxylic acids is 1. The lowest BCUT2D eigenvalue weighted by molar-refractivity contribution is -0.143. The van der Waals surface area contributed by atoms with E-state index in [4.69, 9.17) is 15.6 Å². The van der Waals surface area contributed by atoms with E-state index in [0.29, 0.717) is 19.6 Å². The van der Waals surface area contributed by atoms with Crippen LogP contribution in [0.4, 0.5) is 0 Å². The number of hydrazine groups is 1. The van der Waals surface area contributed by atoms with Crippen molar-refractivity contribution in [2.45, 2.75) is 44.6 Å². The SMILES string of the molecule is CN(N)C=CCCOc1ccc2nc(C3CCCCC3C(=O)O)n(Cc3ccc(Br)cc3)c2c1. The molecular formula is C26H31BrN4O3. The van der Waals surface area contributed by atoms with E-state index >= 15 is 0 Å². The zero-order valence-electron chi connectivity index (χ0n) is 19.4. The third-order valence-electron chi connectivity index (χ3n) is 6.31. The Kier molecular flexibility index (Phi) is 7.90. The van der Waals surface area contributed by atoms with E-state index in [9.17, 15) is 9.90 Å². The third kappa shape index (κ3) is 5.80. The molecule has 0 bridgehead atoms. The molecule has 3 aromatic rings. The summed E-state index contributed by atoms with van der Waals surface area (Å²) < 4.78 is 9.18. The van der Waals surface area contributed by atoms with Crippen molar-refractivity contribution in [1.29, 1.82) is 0 Å². The summed E-state index contributed by atoms with van der Waals surface area (Å²) in [6.45, 7) is 1.16. The molecule has 1 heterocycles. The molecule has 2 unspecified atom stereocenters. The van der Waals surface area contributed by atoms with Gasteiger partial charge in [-0.1, -0.05) is 47.0 Å². The van der Waals surface area contributed by atoms with Crippen molar-refractivity contribution >= 4 is 32.9 Å². The minimum atomic E-state index is -0.729. The number of nitrogens with zero attached hydrogens (tertiary/aromatic N) is 3. The molecule has 0 spiro atoms. The van der Waals surface area contributed by atoms with Crippen molar-refractivity contribution < 1.29 is 14.6 Å². The summed E-state index contributed by atoms with van der Waals surface area (Å²) in [7, 11) is 1.77. The highest BCUT2D eigenvalue weighted by Crippen LogP contribution is 2.39. The molecule has 2 aromatic carbocycles. The lowest BCUT2D eigenvalue weighted by atomic mass is 9.78. The van der Waals surface area contributed by atoms with Crippen molar-refractivity contribution in [2.24, 2.45) is 11.8 Å². The van der Waals surface area contributed by atoms with Crippen LogP contribution in [-0.2, 0) is 11.3 Å². The molecule has 8 heteroatoms. The van der Waals surface area contributed by atoms with E-state index < -0.39 is 11.9 Å². The zero-order valence-corrected chi connectivity index (χ0v) is 20.9. The molecule has 1 aliphatic rings. The van der Waals surface area contributed by atoms with E-state index in [1.807, 2.05) is 36.4 Å². The van der Waals surface area contributed by atoms with Crippen LogP contribution in [0.25, 0.3) is 11.0 Å². The number of fused-ring (bicyclic) bond motifs is 1. The van der Waals surface area contributed by atoms with Gasteiger partial charge in [0.05, 0.1) is 23.6 Å². The molecule has 0 radical (unpaired) electrons. The first-order valence-electron chi connectivity index (χ1n) is 11.7. The lowest BCUT2D eigenvalue weighted by Crippen LogP contribution is -2.27. The van der Waals surface area contributed by atoms with Gasteiger partial charge in [0.25, 0.3) is 0 Å². The van der Waals surface area contributed by atoms with Gasteiger partial charge >= 0.3 is 5.97 Å². The number of imidazole rings is 1. The van der Waals surface area contributed by atoms with Gasteiger partial charge in [-0.25, -0.2) is 10.8 Å². The van der Waals surface area contributed by atoms with Crippen molar-refractivity contribution in [3.63, 3.8) is 0 Å². The van der Waals surface area contributed by atoms with E-state index in [0.717, 1.165) is 58.3 Å². The normalized spacial score (nSPS) is 18.4. The Morgan fingerprint density at radius 2 is 2.03 bits per heavy atom. The van der Waals surface area contributed by atoms with Gasteiger partial charge in [0, 0.05) is 42.7 Å². The summed E-state index contributed by atoms with van der Waals surface area (Å²) in [6, 6.07) is 14.1. The first-order chi connectivity index (χ1) is 16.4. The van der Waals surface area contributed by atoms with E-state index in [1.165, 1.54) is 5.01 Å². The first kappa shape index (κ1) is 24.3. The highest BCUT2D eigenvalue weighted by Gasteiger charge is 2.35. The van der Waals surface area contributed by atoms with Gasteiger partial charge in [-0.3, -0.25) is 4.79 Å². The Morgan fingerprint density at radius 1 is 1.26 bits per heavy atom. The predicted octanol–water partition coefficient (Wildman–Crippen LogP) is 5.29. The van der Waals surface area contributed by atoms with Gasteiger partial charge in [0.2, 0.25) is 0 Å². The number of benzene rings is 2. The molecule has 0 aliphatic heterocycles. The number of ether oxygens (including phenoxy) is 1. The summed E-state index contributed by atoms with van der Waals surface area (Å²) in [6.07, 6.45) is 8.01. The van der Waals surface area contributed by atoms with Crippen LogP contribution in [-0.4, -0.2) is 39.3 Å². The molecular weight excluding hydrogens is 496 g/mol. The second kappa shape index (κ2) is 11.1. The highest BCUT2D eigenvalue weighted by atomic mass is 79.9. The highest BCUT2D eigenvalue weighted by molar-refractivity contribution is 9.10. The van der Waals surface area contributed by atoms with Crippen LogP contribution in [0, 0.1) is 5.92 Å². The first-order valence-corrected chi connectivity index (χ1v) is 12.5. The molecule has 1 saturated carbocycles. The largest absolute Gasteiger partial charge is 0.493 e. The molecule has 7 nitrogen and oxygen atoms in total. The van der Waals surface area contributed by atoms with Crippen LogP contribution in [0.15, 0.2) is 59.2 Å². The van der Waals surface area contributed by atoms with Crippen molar-refractivity contribution in [3.8, 4) is 5.75 Å². The van der Waals surface area contributed by atoms with Crippen LogP contribution in [0.1, 0.15) is 49.4 Å². The molecule has 1 fully saturated rings. The maximum absolute atomic E-state index is 12.0. The second-order valence-corrected chi connectivity index (χ2v) is 9.77. The number of carboxylic acid groups (broad SMARTS) is 1. The van der Waals surface area contributed by atoms with E-state index in [-0.39, 0.29) is 5.92 Å². The van der Waals surface area contributed by atoms with Gasteiger partial charge < -0.3 is 19.4 Å². The standard InChI is InChI=1S/C26H31BrN4O3/c1-30(28)14-4-5-15-34-20-12-13-23-24(16-20)31(17-18-8-10-19(27)11-9-18)25(29-23)21-6-2-3-7-22(21)26(32)33/h4,8-14,16,21-22H,2-3,5-7,15,17,28H2,1H3,(H,32,33). The van der Waals surface area contributed by atoms with Gasteiger partial charge in [0.15, 0.2) is 0 Å². The molecule has 0 amide bonds. The number of halogens is 1. The predicted molar refractivity (Wildman–Crippen MR) is 137 cm³/mol. The average Bonchev–Trinajstić information content (AvgIpc) is 3.17. The number of carbonyl (C=O) groups is 1. The number of hydrogen-bond acceptors (Lipinski definition) is 5. The van der Waals surface area contributed by atoms with Crippen molar-refractivity contribution in [2.75, 3.05) is 13.7 Å². The molecule has 1 aliphatic carbocycles. The maximum Gasteiger partial charge on any atom is 0.307 e. The Hall–Kier alpha value is -2.84. The molecule has 180 valence electrons. The van der Waals surface area contributed by atoms with Crippen LogP contribution in [0.5, 0.6) is 5.75 Å². The Labute approximate surface area is 208 Å². The number of rotatable bonds is 9. The number of hydrogen-bond donors (Lipinski definition) is 2. The van der Waals surface area contributed by atoms with Gasteiger partial charge in [-0.15, -0.1) is 0 Å². The fraction of sp³-hybridized carbons (Fsp3) is 0.385. The molecule has 0 saturated heterocycles. The minimum Gasteiger partial charge on any atom is -0.493 e. The number of aromatic nitrogens is 2. The minimum absolute atomic E-state index is 0.100. The fourth-order valence-corrected chi connectivity index (χ4v) is 4.92. The molecule has 1 aromatic heterocycles. The molecule has 2 atom stereocenters. The van der Waals surface area contributed by atoms with Crippen LogP contribution in [0.3, 0.4) is 0 Å².